The van der Waals surface area contributed by atoms with Crippen LogP contribution < -0.4 is 4.74 Å². The Balaban J connectivity index is 1.85. The zero-order chi connectivity index (χ0) is 16.8. The molecule has 1 amide bonds. The largest absolute Gasteiger partial charge is 0.497 e. The van der Waals surface area contributed by atoms with Crippen LogP contribution in [0.1, 0.15) is 12.0 Å². The number of hydrogen-bond acceptors (Lipinski definition) is 4. The fourth-order valence-electron chi connectivity index (χ4n) is 3.23. The molecule has 1 heterocycles. The third-order valence-electron chi connectivity index (χ3n) is 4.55. The quantitative estimate of drug-likeness (QED) is 0.822. The molecule has 5 heteroatoms. The van der Waals surface area contributed by atoms with E-state index >= 15 is 0 Å². The Labute approximate surface area is 138 Å². The number of nitrogens with zero attached hydrogens (tertiary/aromatic N) is 2. The van der Waals surface area contributed by atoms with Crippen molar-refractivity contribution in [3.8, 4) is 5.75 Å². The maximum Gasteiger partial charge on any atom is 0.222 e. The summed E-state index contributed by atoms with van der Waals surface area (Å²) in [5.74, 6) is 1.57. The highest BCUT2D eigenvalue weighted by Crippen LogP contribution is 2.24. The van der Waals surface area contributed by atoms with Gasteiger partial charge in [0.05, 0.1) is 7.11 Å². The third-order valence-corrected chi connectivity index (χ3v) is 4.55. The molecule has 1 N–H and O–H groups in total. The summed E-state index contributed by atoms with van der Waals surface area (Å²) in [6, 6.07) is 7.85. The standard InChI is InChI=1S/C18H28N2O3/c1-19(2)10-15-11-20(12-16(15)13-21)18(22)9-6-14-4-7-17(23-3)8-5-14/h4-5,7-8,15-16,21H,6,9-13H2,1-3H3/t15-,16-/m1/s1. The Morgan fingerprint density at radius 3 is 2.48 bits per heavy atom. The summed E-state index contributed by atoms with van der Waals surface area (Å²) < 4.78 is 5.14. The van der Waals surface area contributed by atoms with Crippen molar-refractivity contribution in [2.75, 3.05) is 47.4 Å². The van der Waals surface area contributed by atoms with Crippen molar-refractivity contribution < 1.29 is 14.6 Å². The van der Waals surface area contributed by atoms with Crippen LogP contribution in [0.3, 0.4) is 0 Å². The summed E-state index contributed by atoms with van der Waals surface area (Å²) >= 11 is 0. The van der Waals surface area contributed by atoms with E-state index in [0.717, 1.165) is 30.8 Å². The molecule has 5 nitrogen and oxygen atoms in total. The van der Waals surface area contributed by atoms with Gasteiger partial charge in [0.2, 0.25) is 5.91 Å². The predicted molar refractivity (Wildman–Crippen MR) is 90.5 cm³/mol. The van der Waals surface area contributed by atoms with E-state index in [4.69, 9.17) is 4.74 Å². The van der Waals surface area contributed by atoms with E-state index in [2.05, 4.69) is 4.90 Å². The molecule has 128 valence electrons. The number of likely N-dealkylation sites (tertiary alicyclic amines) is 1. The van der Waals surface area contributed by atoms with Crippen molar-refractivity contribution in [2.24, 2.45) is 11.8 Å². The SMILES string of the molecule is COc1ccc(CCC(=O)N2C[C@@H](CN(C)C)[C@@H](CO)C2)cc1. The van der Waals surface area contributed by atoms with E-state index in [1.54, 1.807) is 7.11 Å². The normalized spacial score (nSPS) is 21.0. The predicted octanol–water partition coefficient (Wildman–Crippen LogP) is 1.26. The van der Waals surface area contributed by atoms with E-state index in [1.807, 2.05) is 43.3 Å². The highest BCUT2D eigenvalue weighted by Gasteiger charge is 2.34. The molecule has 2 atom stereocenters. The molecule has 0 saturated carbocycles. The average Bonchev–Trinajstić information content (AvgIpc) is 2.95. The summed E-state index contributed by atoms with van der Waals surface area (Å²) in [5, 5.41) is 9.54. The van der Waals surface area contributed by atoms with Crippen LogP contribution >= 0.6 is 0 Å². The molecule has 0 bridgehead atoms. The Morgan fingerprint density at radius 2 is 1.91 bits per heavy atom. The summed E-state index contributed by atoms with van der Waals surface area (Å²) in [4.78, 5) is 16.5. The third kappa shape index (κ3) is 4.94. The van der Waals surface area contributed by atoms with Crippen molar-refractivity contribution in [3.63, 3.8) is 0 Å². The number of carbonyl (C=O) groups excluding carboxylic acids is 1. The molecule has 0 aliphatic carbocycles. The Kier molecular flexibility index (Phi) is 6.42. The van der Waals surface area contributed by atoms with Crippen LogP contribution in [0.2, 0.25) is 0 Å². The lowest BCUT2D eigenvalue weighted by molar-refractivity contribution is -0.130. The number of ether oxygens (including phenoxy) is 1. The highest BCUT2D eigenvalue weighted by atomic mass is 16.5. The number of hydrogen-bond donors (Lipinski definition) is 1. The topological polar surface area (TPSA) is 53.0 Å². The van der Waals surface area contributed by atoms with E-state index < -0.39 is 0 Å². The number of rotatable bonds is 7. The van der Waals surface area contributed by atoms with Crippen LogP contribution in [0.4, 0.5) is 0 Å². The highest BCUT2D eigenvalue weighted by molar-refractivity contribution is 5.76. The minimum Gasteiger partial charge on any atom is -0.497 e. The van der Waals surface area contributed by atoms with Crippen molar-refractivity contribution in [1.29, 1.82) is 0 Å². The second kappa shape index (κ2) is 8.31. The number of aliphatic hydroxyl groups excluding tert-OH is 1. The fraction of sp³-hybridized carbons (Fsp3) is 0.611. The van der Waals surface area contributed by atoms with Gasteiger partial charge >= 0.3 is 0 Å². The summed E-state index contributed by atoms with van der Waals surface area (Å²) in [6.07, 6.45) is 1.25. The molecule has 0 unspecified atom stereocenters. The molecule has 1 aromatic rings. The molecule has 23 heavy (non-hydrogen) atoms. The van der Waals surface area contributed by atoms with Crippen LogP contribution in [-0.2, 0) is 11.2 Å². The molecule has 1 aliphatic heterocycles. The Hall–Kier alpha value is -1.59. The summed E-state index contributed by atoms with van der Waals surface area (Å²) in [6.45, 7) is 2.50. The lowest BCUT2D eigenvalue weighted by atomic mass is 9.97. The second-order valence-electron chi connectivity index (χ2n) is 6.61. The van der Waals surface area contributed by atoms with Gasteiger partial charge in [0.15, 0.2) is 0 Å². The number of methoxy groups -OCH3 is 1. The molecular formula is C18H28N2O3. The van der Waals surface area contributed by atoms with Gasteiger partial charge in [-0.05, 0) is 44.1 Å². The zero-order valence-corrected chi connectivity index (χ0v) is 14.4. The Morgan fingerprint density at radius 1 is 1.26 bits per heavy atom. The maximum atomic E-state index is 12.4. The molecule has 0 aromatic heterocycles. The van der Waals surface area contributed by atoms with Crippen LogP contribution in [0.25, 0.3) is 0 Å². The molecule has 2 rings (SSSR count). The van der Waals surface area contributed by atoms with Crippen molar-refractivity contribution >= 4 is 5.91 Å². The van der Waals surface area contributed by atoms with E-state index in [-0.39, 0.29) is 18.4 Å². The average molecular weight is 320 g/mol. The molecular weight excluding hydrogens is 292 g/mol. The minimum absolute atomic E-state index is 0.154. The molecule has 1 fully saturated rings. The number of benzene rings is 1. The zero-order valence-electron chi connectivity index (χ0n) is 14.4. The van der Waals surface area contributed by atoms with Crippen molar-refractivity contribution in [1.82, 2.24) is 9.80 Å². The van der Waals surface area contributed by atoms with Crippen LogP contribution in [-0.4, -0.2) is 68.3 Å². The first-order valence-corrected chi connectivity index (χ1v) is 8.19. The van der Waals surface area contributed by atoms with Crippen LogP contribution in [0.5, 0.6) is 5.75 Å². The van der Waals surface area contributed by atoms with Crippen LogP contribution in [0.15, 0.2) is 24.3 Å². The first-order chi connectivity index (χ1) is 11.0. The minimum atomic E-state index is 0.154. The van der Waals surface area contributed by atoms with Gasteiger partial charge in [-0.3, -0.25) is 4.79 Å². The molecule has 0 radical (unpaired) electrons. The van der Waals surface area contributed by atoms with Crippen molar-refractivity contribution in [3.05, 3.63) is 29.8 Å². The van der Waals surface area contributed by atoms with Gasteiger partial charge in [-0.1, -0.05) is 12.1 Å². The lowest BCUT2D eigenvalue weighted by Gasteiger charge is -2.20. The van der Waals surface area contributed by atoms with E-state index in [9.17, 15) is 9.90 Å². The molecule has 0 spiro atoms. The number of carbonyl (C=O) groups is 1. The molecule has 1 aliphatic rings. The summed E-state index contributed by atoms with van der Waals surface area (Å²) in [7, 11) is 5.71. The number of aryl methyl sites for hydroxylation is 1. The van der Waals surface area contributed by atoms with E-state index in [0.29, 0.717) is 18.9 Å². The molecule has 1 saturated heterocycles. The van der Waals surface area contributed by atoms with Gasteiger partial charge in [0.1, 0.15) is 5.75 Å². The molecule has 1 aromatic carbocycles. The van der Waals surface area contributed by atoms with E-state index in [1.165, 1.54) is 0 Å². The van der Waals surface area contributed by atoms with Gasteiger partial charge in [-0.15, -0.1) is 0 Å². The monoisotopic (exact) mass is 320 g/mol. The van der Waals surface area contributed by atoms with Crippen LogP contribution in [0, 0.1) is 11.8 Å². The van der Waals surface area contributed by atoms with Gasteiger partial charge in [-0.2, -0.15) is 0 Å². The lowest BCUT2D eigenvalue weighted by Crippen LogP contribution is -2.30. The summed E-state index contributed by atoms with van der Waals surface area (Å²) in [5.41, 5.74) is 1.14. The maximum absolute atomic E-state index is 12.4. The van der Waals surface area contributed by atoms with Gasteiger partial charge in [0.25, 0.3) is 0 Å². The van der Waals surface area contributed by atoms with Gasteiger partial charge in [-0.25, -0.2) is 0 Å². The van der Waals surface area contributed by atoms with Gasteiger partial charge < -0.3 is 19.6 Å². The number of aliphatic hydroxyl groups is 1. The van der Waals surface area contributed by atoms with Gasteiger partial charge in [0, 0.05) is 38.6 Å². The first kappa shape index (κ1) is 17.8. The second-order valence-corrected chi connectivity index (χ2v) is 6.61. The smallest absolute Gasteiger partial charge is 0.222 e. The first-order valence-electron chi connectivity index (χ1n) is 8.19. The number of amides is 1. The van der Waals surface area contributed by atoms with Crippen molar-refractivity contribution in [2.45, 2.75) is 12.8 Å². The Bertz CT molecular complexity index is 501. The fourth-order valence-corrected chi connectivity index (χ4v) is 3.23.